The van der Waals surface area contributed by atoms with Crippen molar-refractivity contribution in [3.63, 3.8) is 0 Å². The molecule has 1 aliphatic heterocycles. The largest absolute Gasteiger partial charge is 0.468 e. The number of amides is 2. The number of carbonyl (C=O) groups is 3. The van der Waals surface area contributed by atoms with Crippen LogP contribution in [-0.2, 0) is 19.1 Å². The fourth-order valence-corrected chi connectivity index (χ4v) is 1.25. The van der Waals surface area contributed by atoms with Gasteiger partial charge in [-0.05, 0) is 0 Å². The zero-order chi connectivity index (χ0) is 10.7. The Bertz CT molecular complexity index is 261. The van der Waals surface area contributed by atoms with E-state index in [1.165, 1.54) is 7.11 Å². The predicted molar refractivity (Wildman–Crippen MR) is 45.9 cm³/mol. The molecular weight excluding hydrogens is 188 g/mol. The van der Waals surface area contributed by atoms with E-state index in [0.29, 0.717) is 0 Å². The fourth-order valence-electron chi connectivity index (χ4n) is 1.25. The highest BCUT2D eigenvalue weighted by Gasteiger charge is 2.31. The molecule has 0 bridgehead atoms. The van der Waals surface area contributed by atoms with Gasteiger partial charge < -0.3 is 10.5 Å². The van der Waals surface area contributed by atoms with Crippen LogP contribution in [0.3, 0.4) is 0 Å². The summed E-state index contributed by atoms with van der Waals surface area (Å²) in [6, 6.07) is -0.953. The van der Waals surface area contributed by atoms with Gasteiger partial charge in [-0.3, -0.25) is 19.3 Å². The Morgan fingerprint density at radius 3 is 2.43 bits per heavy atom. The molecule has 1 rings (SSSR count). The van der Waals surface area contributed by atoms with E-state index >= 15 is 0 Å². The van der Waals surface area contributed by atoms with Gasteiger partial charge in [0.15, 0.2) is 0 Å². The molecule has 0 aromatic heterocycles. The number of carbonyl (C=O) groups excluding carboxylic acids is 3. The van der Waals surface area contributed by atoms with Crippen molar-refractivity contribution >= 4 is 17.8 Å². The number of methoxy groups -OCH3 is 1. The summed E-state index contributed by atoms with van der Waals surface area (Å²) in [5.74, 6) is -1.19. The van der Waals surface area contributed by atoms with E-state index in [0.717, 1.165) is 4.90 Å². The first kappa shape index (κ1) is 10.6. The maximum absolute atomic E-state index is 11.1. The lowest BCUT2D eigenvalue weighted by molar-refractivity contribution is -0.144. The standard InChI is InChI=1S/C8H12N2O4/c1-14-8(13)5(9)4-10-6(11)2-3-7(10)12/h5H,2-4,9H2,1H3/t5-/m1/s1. The minimum atomic E-state index is -0.953. The summed E-state index contributed by atoms with van der Waals surface area (Å²) in [7, 11) is 1.20. The van der Waals surface area contributed by atoms with Crippen LogP contribution in [-0.4, -0.2) is 42.4 Å². The lowest BCUT2D eigenvalue weighted by atomic mass is 10.3. The second-order valence-corrected chi connectivity index (χ2v) is 3.03. The van der Waals surface area contributed by atoms with Gasteiger partial charge in [-0.1, -0.05) is 0 Å². The van der Waals surface area contributed by atoms with Gasteiger partial charge in [0.1, 0.15) is 6.04 Å². The van der Waals surface area contributed by atoms with E-state index in [1.807, 2.05) is 0 Å². The molecule has 6 heteroatoms. The van der Waals surface area contributed by atoms with E-state index in [1.54, 1.807) is 0 Å². The quantitative estimate of drug-likeness (QED) is 0.448. The van der Waals surface area contributed by atoms with Crippen molar-refractivity contribution in [3.05, 3.63) is 0 Å². The molecule has 2 amide bonds. The van der Waals surface area contributed by atoms with Crippen molar-refractivity contribution in [3.8, 4) is 0 Å². The first-order chi connectivity index (χ1) is 6.56. The highest BCUT2D eigenvalue weighted by molar-refractivity contribution is 6.02. The van der Waals surface area contributed by atoms with Gasteiger partial charge >= 0.3 is 5.97 Å². The summed E-state index contributed by atoms with van der Waals surface area (Å²) in [5.41, 5.74) is 5.41. The highest BCUT2D eigenvalue weighted by Crippen LogP contribution is 2.11. The Morgan fingerprint density at radius 1 is 1.50 bits per heavy atom. The third kappa shape index (κ3) is 2.08. The van der Waals surface area contributed by atoms with E-state index in [2.05, 4.69) is 4.74 Å². The number of likely N-dealkylation sites (tertiary alicyclic amines) is 1. The number of hydrogen-bond acceptors (Lipinski definition) is 5. The molecule has 14 heavy (non-hydrogen) atoms. The summed E-state index contributed by atoms with van der Waals surface area (Å²) in [6.07, 6.45) is 0.402. The van der Waals surface area contributed by atoms with Crippen molar-refractivity contribution < 1.29 is 19.1 Å². The topological polar surface area (TPSA) is 89.7 Å². The number of rotatable bonds is 3. The van der Waals surface area contributed by atoms with Gasteiger partial charge in [0.05, 0.1) is 13.7 Å². The molecule has 2 N–H and O–H groups in total. The minimum Gasteiger partial charge on any atom is -0.468 e. The average Bonchev–Trinajstić information content (AvgIpc) is 2.48. The lowest BCUT2D eigenvalue weighted by Gasteiger charge is -2.17. The molecular formula is C8H12N2O4. The van der Waals surface area contributed by atoms with Crippen LogP contribution in [0.25, 0.3) is 0 Å². The van der Waals surface area contributed by atoms with Crippen LogP contribution in [0.4, 0.5) is 0 Å². The number of hydrogen-bond donors (Lipinski definition) is 1. The van der Waals surface area contributed by atoms with E-state index < -0.39 is 12.0 Å². The molecule has 78 valence electrons. The molecule has 1 atom stereocenters. The summed E-state index contributed by atoms with van der Waals surface area (Å²) in [5, 5.41) is 0. The Kier molecular flexibility index (Phi) is 3.19. The van der Waals surface area contributed by atoms with Crippen LogP contribution in [0.2, 0.25) is 0 Å². The SMILES string of the molecule is COC(=O)[C@H](N)CN1C(=O)CCC1=O. The van der Waals surface area contributed by atoms with Crippen LogP contribution in [0.5, 0.6) is 0 Å². The van der Waals surface area contributed by atoms with E-state index in [-0.39, 0.29) is 31.2 Å². The van der Waals surface area contributed by atoms with Gasteiger partial charge in [-0.15, -0.1) is 0 Å². The molecule has 0 spiro atoms. The minimum absolute atomic E-state index is 0.0929. The highest BCUT2D eigenvalue weighted by atomic mass is 16.5. The molecule has 1 saturated heterocycles. The zero-order valence-electron chi connectivity index (χ0n) is 7.86. The Balaban J connectivity index is 2.55. The normalized spacial score (nSPS) is 18.6. The van der Waals surface area contributed by atoms with Gasteiger partial charge in [-0.25, -0.2) is 0 Å². The van der Waals surface area contributed by atoms with Crippen LogP contribution < -0.4 is 5.73 Å². The molecule has 0 unspecified atom stereocenters. The summed E-state index contributed by atoms with van der Waals surface area (Å²) >= 11 is 0. The molecule has 1 heterocycles. The lowest BCUT2D eigenvalue weighted by Crippen LogP contribution is -2.45. The number of imide groups is 1. The number of nitrogens with zero attached hydrogens (tertiary/aromatic N) is 1. The second kappa shape index (κ2) is 4.19. The molecule has 1 fully saturated rings. The Morgan fingerprint density at radius 2 is 2.00 bits per heavy atom. The summed E-state index contributed by atoms with van der Waals surface area (Å²) in [4.78, 5) is 34.2. The first-order valence-corrected chi connectivity index (χ1v) is 4.23. The van der Waals surface area contributed by atoms with Crippen molar-refractivity contribution in [2.75, 3.05) is 13.7 Å². The molecule has 1 aliphatic rings. The smallest absolute Gasteiger partial charge is 0.324 e. The van der Waals surface area contributed by atoms with Crippen LogP contribution in [0, 0.1) is 0 Å². The van der Waals surface area contributed by atoms with Crippen LogP contribution >= 0.6 is 0 Å². The van der Waals surface area contributed by atoms with Gasteiger partial charge in [0.2, 0.25) is 11.8 Å². The van der Waals surface area contributed by atoms with Crippen molar-refractivity contribution in [2.45, 2.75) is 18.9 Å². The van der Waals surface area contributed by atoms with Gasteiger partial charge in [0, 0.05) is 12.8 Å². The fraction of sp³-hybridized carbons (Fsp3) is 0.625. The maximum atomic E-state index is 11.1. The number of esters is 1. The first-order valence-electron chi connectivity index (χ1n) is 4.23. The second-order valence-electron chi connectivity index (χ2n) is 3.03. The Labute approximate surface area is 81.0 Å². The monoisotopic (exact) mass is 200 g/mol. The summed E-state index contributed by atoms with van der Waals surface area (Å²) in [6.45, 7) is -0.0929. The van der Waals surface area contributed by atoms with E-state index in [4.69, 9.17) is 5.73 Å². The van der Waals surface area contributed by atoms with Crippen molar-refractivity contribution in [2.24, 2.45) is 5.73 Å². The van der Waals surface area contributed by atoms with Crippen LogP contribution in [0.15, 0.2) is 0 Å². The van der Waals surface area contributed by atoms with Crippen molar-refractivity contribution in [1.82, 2.24) is 4.90 Å². The number of ether oxygens (including phenoxy) is 1. The number of nitrogens with two attached hydrogens (primary N) is 1. The predicted octanol–water partition coefficient (Wildman–Crippen LogP) is -1.36. The zero-order valence-corrected chi connectivity index (χ0v) is 7.86. The molecule has 0 saturated carbocycles. The molecule has 6 nitrogen and oxygen atoms in total. The van der Waals surface area contributed by atoms with Crippen molar-refractivity contribution in [1.29, 1.82) is 0 Å². The van der Waals surface area contributed by atoms with Gasteiger partial charge in [-0.2, -0.15) is 0 Å². The maximum Gasteiger partial charge on any atom is 0.324 e. The van der Waals surface area contributed by atoms with E-state index in [9.17, 15) is 14.4 Å². The third-order valence-corrected chi connectivity index (χ3v) is 2.04. The van der Waals surface area contributed by atoms with Crippen LogP contribution in [0.1, 0.15) is 12.8 Å². The summed E-state index contributed by atoms with van der Waals surface area (Å²) < 4.78 is 4.38. The molecule has 0 aromatic rings. The van der Waals surface area contributed by atoms with Gasteiger partial charge in [0.25, 0.3) is 0 Å². The molecule has 0 aromatic carbocycles. The average molecular weight is 200 g/mol. The molecule has 0 aliphatic carbocycles. The Hall–Kier alpha value is -1.43. The molecule has 0 radical (unpaired) electrons. The third-order valence-electron chi connectivity index (χ3n) is 2.04.